The van der Waals surface area contributed by atoms with E-state index < -0.39 is 46.9 Å². The molecule has 0 saturated heterocycles. The number of hydrogen-bond donors (Lipinski definition) is 0. The summed E-state index contributed by atoms with van der Waals surface area (Å²) in [5, 5.41) is 0. The predicted molar refractivity (Wildman–Crippen MR) is 72.8 cm³/mol. The van der Waals surface area contributed by atoms with Crippen LogP contribution in [0.2, 0.25) is 0 Å². The Hall–Kier alpha value is -2.15. The summed E-state index contributed by atoms with van der Waals surface area (Å²) >= 11 is 0. The zero-order chi connectivity index (χ0) is 23.3. The lowest BCUT2D eigenvalue weighted by Crippen LogP contribution is -2.69. The molecule has 1 nitrogen and oxygen atoms in total. The molecule has 0 fully saturated rings. The second-order valence-corrected chi connectivity index (χ2v) is 5.53. The van der Waals surface area contributed by atoms with Crippen LogP contribution in [0, 0.1) is 0 Å². The number of rotatable bonds is 7. The number of halogens is 13. The van der Waals surface area contributed by atoms with E-state index in [0.29, 0.717) is 12.1 Å². The Labute approximate surface area is 153 Å². The van der Waals surface area contributed by atoms with Crippen LogP contribution in [0.15, 0.2) is 24.8 Å². The van der Waals surface area contributed by atoms with Gasteiger partial charge in [0.05, 0.1) is 7.11 Å². The third kappa shape index (κ3) is 3.39. The normalized spacial score (nSPS) is 14.7. The first-order valence-corrected chi connectivity index (χ1v) is 7.00. The lowest BCUT2D eigenvalue weighted by Gasteiger charge is -2.39. The SMILES string of the molecule is C=Cc1cc(C(F)(F)C(F)(F)C(F)(F)C(F)(F)C(F)(F)C(F)(F)F)ccc1OC. The number of hydrogen-bond acceptors (Lipinski definition) is 1. The van der Waals surface area contributed by atoms with Gasteiger partial charge in [0, 0.05) is 11.1 Å². The van der Waals surface area contributed by atoms with Gasteiger partial charge in [0.2, 0.25) is 0 Å². The standard InChI is InChI=1S/C15H9F13O/c1-3-7-6-8(4-5-9(7)29-2)10(16,17)11(18,19)12(20,21)13(22,23)14(24,25)15(26,27)28/h3-6H,1H2,2H3. The van der Waals surface area contributed by atoms with Gasteiger partial charge in [-0.15, -0.1) is 0 Å². The van der Waals surface area contributed by atoms with E-state index in [0.717, 1.165) is 7.11 Å². The second-order valence-electron chi connectivity index (χ2n) is 5.53. The Bertz CT molecular complexity index is 764. The fourth-order valence-corrected chi connectivity index (χ4v) is 2.04. The Morgan fingerprint density at radius 3 is 1.55 bits per heavy atom. The van der Waals surface area contributed by atoms with E-state index in [-0.39, 0.29) is 17.9 Å². The van der Waals surface area contributed by atoms with E-state index >= 15 is 0 Å². The zero-order valence-corrected chi connectivity index (χ0v) is 13.8. The molecule has 29 heavy (non-hydrogen) atoms. The number of methoxy groups -OCH3 is 1. The van der Waals surface area contributed by atoms with Crippen LogP contribution >= 0.6 is 0 Å². The van der Waals surface area contributed by atoms with Crippen LogP contribution in [0.25, 0.3) is 6.08 Å². The van der Waals surface area contributed by atoms with E-state index in [1.807, 2.05) is 0 Å². The lowest BCUT2D eigenvalue weighted by atomic mass is 9.90. The maximum Gasteiger partial charge on any atom is 0.460 e. The maximum absolute atomic E-state index is 14.0. The van der Waals surface area contributed by atoms with Crippen molar-refractivity contribution >= 4 is 6.08 Å². The molecule has 0 aliphatic carbocycles. The molecule has 0 radical (unpaired) electrons. The van der Waals surface area contributed by atoms with Crippen molar-refractivity contribution < 1.29 is 61.8 Å². The van der Waals surface area contributed by atoms with Crippen LogP contribution in [0.3, 0.4) is 0 Å². The minimum absolute atomic E-state index is 0.00979. The van der Waals surface area contributed by atoms with E-state index in [9.17, 15) is 57.1 Å². The summed E-state index contributed by atoms with van der Waals surface area (Å²) in [6.45, 7) is 3.07. The molecule has 0 aliphatic heterocycles. The van der Waals surface area contributed by atoms with Crippen molar-refractivity contribution in [2.45, 2.75) is 35.8 Å². The van der Waals surface area contributed by atoms with Crippen molar-refractivity contribution in [3.8, 4) is 5.75 Å². The smallest absolute Gasteiger partial charge is 0.460 e. The quantitative estimate of drug-likeness (QED) is 0.428. The zero-order valence-electron chi connectivity index (χ0n) is 13.8. The minimum Gasteiger partial charge on any atom is -0.496 e. The van der Waals surface area contributed by atoms with Crippen molar-refractivity contribution in [2.75, 3.05) is 7.11 Å². The molecule has 0 heterocycles. The first-order valence-electron chi connectivity index (χ1n) is 7.00. The van der Waals surface area contributed by atoms with Crippen molar-refractivity contribution in [3.63, 3.8) is 0 Å². The Balaban J connectivity index is 3.64. The highest BCUT2D eigenvalue weighted by atomic mass is 19.4. The summed E-state index contributed by atoms with van der Waals surface area (Å²) in [7, 11) is 0.975. The number of benzene rings is 1. The largest absolute Gasteiger partial charge is 0.496 e. The monoisotopic (exact) mass is 452 g/mol. The highest BCUT2D eigenvalue weighted by molar-refractivity contribution is 5.57. The van der Waals surface area contributed by atoms with Gasteiger partial charge in [-0.1, -0.05) is 12.7 Å². The number of ether oxygens (including phenoxy) is 1. The molecule has 14 heteroatoms. The summed E-state index contributed by atoms with van der Waals surface area (Å²) in [6.07, 6.45) is -6.73. The molecule has 0 saturated carbocycles. The Morgan fingerprint density at radius 1 is 0.724 bits per heavy atom. The first kappa shape index (κ1) is 24.9. The van der Waals surface area contributed by atoms with Crippen LogP contribution in [-0.4, -0.2) is 37.0 Å². The molecular formula is C15H9F13O. The summed E-state index contributed by atoms with van der Waals surface area (Å²) in [4.78, 5) is 0. The van der Waals surface area contributed by atoms with E-state index in [1.165, 1.54) is 0 Å². The molecule has 0 amide bonds. The van der Waals surface area contributed by atoms with Crippen molar-refractivity contribution in [1.29, 1.82) is 0 Å². The molecule has 1 aromatic carbocycles. The molecule has 1 aromatic rings. The lowest BCUT2D eigenvalue weighted by molar-refractivity contribution is -0.441. The van der Waals surface area contributed by atoms with Gasteiger partial charge in [-0.05, 0) is 18.2 Å². The van der Waals surface area contributed by atoms with Gasteiger partial charge in [-0.25, -0.2) is 0 Å². The molecule has 0 aromatic heterocycles. The van der Waals surface area contributed by atoms with Gasteiger partial charge in [0.15, 0.2) is 0 Å². The van der Waals surface area contributed by atoms with Crippen LogP contribution in [0.4, 0.5) is 57.1 Å². The predicted octanol–water partition coefficient (Wildman–Crippen LogP) is 6.53. The summed E-state index contributed by atoms with van der Waals surface area (Å²) in [5.74, 6) is -37.5. The van der Waals surface area contributed by atoms with Gasteiger partial charge in [0.25, 0.3) is 0 Å². The molecule has 0 bridgehead atoms. The highest BCUT2D eigenvalue weighted by Gasteiger charge is 2.90. The van der Waals surface area contributed by atoms with E-state index in [2.05, 4.69) is 11.3 Å². The fraction of sp³-hybridized carbons (Fsp3) is 0.467. The van der Waals surface area contributed by atoms with E-state index in [1.54, 1.807) is 0 Å². The van der Waals surface area contributed by atoms with Gasteiger partial charge in [-0.3, -0.25) is 0 Å². The molecule has 0 unspecified atom stereocenters. The van der Waals surface area contributed by atoms with Gasteiger partial charge in [-0.2, -0.15) is 57.1 Å². The molecule has 166 valence electrons. The Kier molecular flexibility index (Phi) is 5.98. The molecule has 1 rings (SSSR count). The van der Waals surface area contributed by atoms with Gasteiger partial charge < -0.3 is 4.74 Å². The topological polar surface area (TPSA) is 9.23 Å². The van der Waals surface area contributed by atoms with Crippen LogP contribution < -0.4 is 4.74 Å². The number of alkyl halides is 13. The van der Waals surface area contributed by atoms with Crippen molar-refractivity contribution in [2.24, 2.45) is 0 Å². The fourth-order valence-electron chi connectivity index (χ4n) is 2.04. The van der Waals surface area contributed by atoms with E-state index in [4.69, 9.17) is 0 Å². The molecule has 0 atom stereocenters. The highest BCUT2D eigenvalue weighted by Crippen LogP contribution is 2.62. The third-order valence-corrected chi connectivity index (χ3v) is 3.75. The summed E-state index contributed by atoms with van der Waals surface area (Å²) < 4.78 is 175. The molecule has 0 N–H and O–H groups in total. The van der Waals surface area contributed by atoms with Gasteiger partial charge in [0.1, 0.15) is 5.75 Å². The summed E-state index contributed by atoms with van der Waals surface area (Å²) in [5.41, 5.74) is -2.61. The molecular weight excluding hydrogens is 443 g/mol. The van der Waals surface area contributed by atoms with Crippen molar-refractivity contribution in [1.82, 2.24) is 0 Å². The van der Waals surface area contributed by atoms with Crippen LogP contribution in [0.1, 0.15) is 11.1 Å². The van der Waals surface area contributed by atoms with Crippen LogP contribution in [-0.2, 0) is 5.92 Å². The average molecular weight is 452 g/mol. The minimum atomic E-state index is -7.93. The average Bonchev–Trinajstić information content (AvgIpc) is 2.59. The second kappa shape index (κ2) is 6.97. The first-order chi connectivity index (χ1) is 12.7. The maximum atomic E-state index is 14.0. The molecule has 0 aliphatic rings. The third-order valence-electron chi connectivity index (χ3n) is 3.75. The summed E-state index contributed by atoms with van der Waals surface area (Å²) in [6, 6.07) is 0.558. The van der Waals surface area contributed by atoms with Crippen LogP contribution in [0.5, 0.6) is 5.75 Å². The Morgan fingerprint density at radius 2 is 1.17 bits per heavy atom. The molecule has 0 spiro atoms. The van der Waals surface area contributed by atoms with Crippen molar-refractivity contribution in [3.05, 3.63) is 35.9 Å². The van der Waals surface area contributed by atoms with Gasteiger partial charge >= 0.3 is 35.8 Å².